The molecule has 0 saturated heterocycles. The van der Waals surface area contributed by atoms with E-state index in [2.05, 4.69) is 44.3 Å². The van der Waals surface area contributed by atoms with Crippen LogP contribution in [0.2, 0.25) is 0 Å². The Balaban J connectivity index is 0.00000204. The van der Waals surface area contributed by atoms with Gasteiger partial charge in [-0.15, -0.1) is 37.2 Å². The van der Waals surface area contributed by atoms with Crippen LogP contribution >= 0.6 is 37.2 Å². The third-order valence-electron chi connectivity index (χ3n) is 5.29. The number of rotatable bonds is 9. The first kappa shape index (κ1) is 30.8. The zero-order chi connectivity index (χ0) is 22.4. The van der Waals surface area contributed by atoms with Crippen LogP contribution in [0, 0.1) is 0 Å². The monoisotopic (exact) mass is 554 g/mol. The quantitative estimate of drug-likeness (QED) is 0.282. The summed E-state index contributed by atoms with van der Waals surface area (Å²) in [6, 6.07) is 19.1. The van der Waals surface area contributed by atoms with Crippen LogP contribution in [0.25, 0.3) is 21.9 Å². The average Bonchev–Trinajstić information content (AvgIpc) is 2.82. The molecule has 2 aromatic carbocycles. The van der Waals surface area contributed by atoms with E-state index in [1.165, 1.54) is 5.56 Å². The lowest BCUT2D eigenvalue weighted by Crippen LogP contribution is -2.40. The van der Waals surface area contributed by atoms with E-state index in [9.17, 15) is 8.42 Å². The predicted molar refractivity (Wildman–Crippen MR) is 150 cm³/mol. The van der Waals surface area contributed by atoms with E-state index in [0.29, 0.717) is 6.54 Å². The van der Waals surface area contributed by atoms with Gasteiger partial charge in [0.2, 0.25) is 10.0 Å². The molecule has 6 nitrogen and oxygen atoms in total. The van der Waals surface area contributed by atoms with E-state index in [1.807, 2.05) is 25.1 Å². The normalized spacial score (nSPS) is 11.6. The van der Waals surface area contributed by atoms with Gasteiger partial charge in [0, 0.05) is 42.8 Å². The summed E-state index contributed by atoms with van der Waals surface area (Å²) >= 11 is 0. The first-order chi connectivity index (χ1) is 15.5. The van der Waals surface area contributed by atoms with Crippen molar-refractivity contribution in [2.24, 2.45) is 0 Å². The number of hydrogen-bond acceptors (Lipinski definition) is 5. The molecule has 4 rings (SSSR count). The highest BCUT2D eigenvalue weighted by molar-refractivity contribution is 7.89. The summed E-state index contributed by atoms with van der Waals surface area (Å²) in [5, 5.41) is 5.10. The van der Waals surface area contributed by atoms with Crippen molar-refractivity contribution >= 4 is 58.0 Å². The Kier molecular flexibility index (Phi) is 12.6. The second-order valence-electron chi connectivity index (χ2n) is 7.79. The number of sulfonamides is 1. The lowest BCUT2D eigenvalue weighted by molar-refractivity contribution is 0.537. The zero-order valence-corrected chi connectivity index (χ0v) is 22.4. The summed E-state index contributed by atoms with van der Waals surface area (Å²) in [5.41, 5.74) is 3.54. The van der Waals surface area contributed by atoms with Gasteiger partial charge in [-0.25, -0.2) is 13.1 Å². The minimum absolute atomic E-state index is 0. The SMILES string of the molecule is C[C@H](CNCCc1ccc(-c2ccncc2)cc1)NS(=O)(=O)c1ccc2cnccc2c1.Cl.Cl.Cl. The van der Waals surface area contributed by atoms with Crippen LogP contribution in [-0.2, 0) is 16.4 Å². The molecule has 2 aromatic heterocycles. The molecule has 1 atom stereocenters. The van der Waals surface area contributed by atoms with Crippen molar-refractivity contribution in [1.82, 2.24) is 20.0 Å². The van der Waals surface area contributed by atoms with Gasteiger partial charge in [0.15, 0.2) is 0 Å². The van der Waals surface area contributed by atoms with E-state index >= 15 is 0 Å². The van der Waals surface area contributed by atoms with Gasteiger partial charge in [-0.1, -0.05) is 30.3 Å². The van der Waals surface area contributed by atoms with E-state index < -0.39 is 10.0 Å². The van der Waals surface area contributed by atoms with E-state index in [1.54, 1.807) is 43.0 Å². The molecule has 4 aromatic rings. The molecule has 0 radical (unpaired) electrons. The first-order valence-electron chi connectivity index (χ1n) is 10.6. The van der Waals surface area contributed by atoms with Crippen LogP contribution in [0.4, 0.5) is 0 Å². The highest BCUT2D eigenvalue weighted by atomic mass is 35.5. The van der Waals surface area contributed by atoms with Gasteiger partial charge in [-0.2, -0.15) is 0 Å². The molecule has 0 bridgehead atoms. The molecular formula is C25H29Cl3N4O2S. The molecule has 0 amide bonds. The van der Waals surface area contributed by atoms with Crippen LogP contribution in [0.3, 0.4) is 0 Å². The standard InChI is InChI=1S/C25H26N4O2S.3ClH/c1-19(29-32(30,31)25-7-6-24-18-28-15-11-23(24)16-25)17-27-12-8-20-2-4-21(5-3-20)22-9-13-26-14-10-22;;;/h2-7,9-11,13-16,18-19,27,29H,8,12,17H2,1H3;3*1H/t19-;;;/m1.../s1. The van der Waals surface area contributed by atoms with E-state index in [-0.39, 0.29) is 48.2 Å². The average molecular weight is 556 g/mol. The Labute approximate surface area is 225 Å². The van der Waals surface area contributed by atoms with Crippen molar-refractivity contribution < 1.29 is 8.42 Å². The molecule has 2 heterocycles. The fraction of sp³-hybridized carbons (Fsp3) is 0.200. The zero-order valence-electron chi connectivity index (χ0n) is 19.1. The van der Waals surface area contributed by atoms with Gasteiger partial charge >= 0.3 is 0 Å². The van der Waals surface area contributed by atoms with E-state index in [4.69, 9.17) is 0 Å². The van der Waals surface area contributed by atoms with Crippen LogP contribution in [0.15, 0.2) is 90.3 Å². The smallest absolute Gasteiger partial charge is 0.240 e. The molecule has 0 aliphatic rings. The minimum Gasteiger partial charge on any atom is -0.315 e. The number of hydrogen-bond donors (Lipinski definition) is 2. The molecule has 0 aliphatic heterocycles. The lowest BCUT2D eigenvalue weighted by atomic mass is 10.0. The number of pyridine rings is 2. The second kappa shape index (κ2) is 14.3. The van der Waals surface area contributed by atoms with Crippen molar-refractivity contribution in [3.8, 4) is 11.1 Å². The van der Waals surface area contributed by atoms with Crippen molar-refractivity contribution in [2.45, 2.75) is 24.3 Å². The molecule has 0 unspecified atom stereocenters. The predicted octanol–water partition coefficient (Wildman–Crippen LogP) is 5.06. The van der Waals surface area contributed by atoms with Gasteiger partial charge in [-0.3, -0.25) is 9.97 Å². The van der Waals surface area contributed by atoms with E-state index in [0.717, 1.165) is 34.9 Å². The molecule has 0 spiro atoms. The molecule has 35 heavy (non-hydrogen) atoms. The number of fused-ring (bicyclic) bond motifs is 1. The molecule has 188 valence electrons. The molecule has 0 saturated carbocycles. The third-order valence-corrected chi connectivity index (χ3v) is 6.87. The van der Waals surface area contributed by atoms with Gasteiger partial charge in [0.25, 0.3) is 0 Å². The van der Waals surface area contributed by atoms with Crippen molar-refractivity contribution in [3.63, 3.8) is 0 Å². The van der Waals surface area contributed by atoms with Crippen molar-refractivity contribution in [1.29, 1.82) is 0 Å². The summed E-state index contributed by atoms with van der Waals surface area (Å²) in [7, 11) is -3.59. The lowest BCUT2D eigenvalue weighted by Gasteiger charge is -2.15. The topological polar surface area (TPSA) is 84.0 Å². The second-order valence-corrected chi connectivity index (χ2v) is 9.51. The van der Waals surface area contributed by atoms with Crippen LogP contribution in [-0.4, -0.2) is 37.5 Å². The fourth-order valence-electron chi connectivity index (χ4n) is 3.56. The maximum absolute atomic E-state index is 12.7. The molecule has 10 heteroatoms. The third kappa shape index (κ3) is 8.42. The number of benzene rings is 2. The fourth-order valence-corrected chi connectivity index (χ4v) is 4.84. The highest BCUT2D eigenvalue weighted by Gasteiger charge is 2.17. The van der Waals surface area contributed by atoms with Crippen LogP contribution in [0.1, 0.15) is 12.5 Å². The Morgan fingerprint density at radius 3 is 2.17 bits per heavy atom. The largest absolute Gasteiger partial charge is 0.315 e. The van der Waals surface area contributed by atoms with Crippen molar-refractivity contribution in [3.05, 3.63) is 91.0 Å². The Hall–Kier alpha value is -2.26. The molecular weight excluding hydrogens is 527 g/mol. The molecule has 0 aliphatic carbocycles. The summed E-state index contributed by atoms with van der Waals surface area (Å²) < 4.78 is 28.2. The van der Waals surface area contributed by atoms with Crippen LogP contribution in [0.5, 0.6) is 0 Å². The Morgan fingerprint density at radius 1 is 0.800 bits per heavy atom. The van der Waals surface area contributed by atoms with Gasteiger partial charge in [0.1, 0.15) is 0 Å². The minimum atomic E-state index is -3.59. The number of nitrogens with one attached hydrogen (secondary N) is 2. The van der Waals surface area contributed by atoms with Gasteiger partial charge in [-0.05, 0) is 72.3 Å². The molecule has 0 fully saturated rings. The number of halogens is 3. The Morgan fingerprint density at radius 2 is 1.46 bits per heavy atom. The first-order valence-corrected chi connectivity index (χ1v) is 12.1. The van der Waals surface area contributed by atoms with Gasteiger partial charge in [0.05, 0.1) is 4.90 Å². The van der Waals surface area contributed by atoms with Crippen molar-refractivity contribution in [2.75, 3.05) is 13.1 Å². The van der Waals surface area contributed by atoms with Gasteiger partial charge < -0.3 is 5.32 Å². The van der Waals surface area contributed by atoms with Crippen LogP contribution < -0.4 is 10.0 Å². The number of aromatic nitrogens is 2. The maximum atomic E-state index is 12.7. The molecule has 2 N–H and O–H groups in total. The Bertz CT molecular complexity index is 1290. The maximum Gasteiger partial charge on any atom is 0.240 e. The summed E-state index contributed by atoms with van der Waals surface area (Å²) in [6.07, 6.45) is 7.83. The highest BCUT2D eigenvalue weighted by Crippen LogP contribution is 2.19. The number of nitrogens with zero attached hydrogens (tertiary/aromatic N) is 2. The summed E-state index contributed by atoms with van der Waals surface area (Å²) in [4.78, 5) is 8.37. The summed E-state index contributed by atoms with van der Waals surface area (Å²) in [6.45, 7) is 3.18. The summed E-state index contributed by atoms with van der Waals surface area (Å²) in [5.74, 6) is 0.